The van der Waals surface area contributed by atoms with Crippen LogP contribution in [0.25, 0.3) is 22.4 Å². The van der Waals surface area contributed by atoms with Crippen molar-refractivity contribution in [3.63, 3.8) is 0 Å². The van der Waals surface area contributed by atoms with Gasteiger partial charge in [0.2, 0.25) is 5.88 Å². The van der Waals surface area contributed by atoms with Gasteiger partial charge < -0.3 is 19.1 Å². The maximum atomic E-state index is 13.1. The summed E-state index contributed by atoms with van der Waals surface area (Å²) in [6, 6.07) is 13.1. The van der Waals surface area contributed by atoms with Gasteiger partial charge in [0.25, 0.3) is 5.91 Å². The number of anilines is 1. The monoisotopic (exact) mass is 450 g/mol. The highest BCUT2D eigenvalue weighted by Crippen LogP contribution is 2.40. The maximum absolute atomic E-state index is 13.1. The lowest BCUT2D eigenvalue weighted by molar-refractivity contribution is 0.0697. The molecule has 0 fully saturated rings. The van der Waals surface area contributed by atoms with E-state index in [2.05, 4.69) is 10.5 Å². The fourth-order valence-electron chi connectivity index (χ4n) is 3.27. The summed E-state index contributed by atoms with van der Waals surface area (Å²) >= 11 is 1.46. The first-order chi connectivity index (χ1) is 15.5. The summed E-state index contributed by atoms with van der Waals surface area (Å²) in [6.07, 6.45) is 0. The van der Waals surface area contributed by atoms with E-state index in [9.17, 15) is 14.7 Å². The molecule has 0 aliphatic rings. The van der Waals surface area contributed by atoms with Crippen molar-refractivity contribution >= 4 is 29.1 Å². The summed E-state index contributed by atoms with van der Waals surface area (Å²) in [5.74, 6) is -0.734. The van der Waals surface area contributed by atoms with E-state index in [4.69, 9.17) is 14.0 Å². The van der Waals surface area contributed by atoms with Crippen LogP contribution in [-0.4, -0.2) is 36.4 Å². The highest BCUT2D eigenvalue weighted by atomic mass is 32.1. The van der Waals surface area contributed by atoms with E-state index in [0.717, 1.165) is 5.56 Å². The van der Waals surface area contributed by atoms with E-state index < -0.39 is 11.9 Å². The Bertz CT molecular complexity index is 1280. The summed E-state index contributed by atoms with van der Waals surface area (Å²) in [6.45, 7) is 0. The molecule has 0 unspecified atom stereocenters. The van der Waals surface area contributed by atoms with Crippen molar-refractivity contribution in [3.8, 4) is 33.9 Å². The first kappa shape index (κ1) is 21.1. The molecular weight excluding hydrogens is 432 g/mol. The third-order valence-corrected chi connectivity index (χ3v) is 5.48. The Morgan fingerprint density at radius 3 is 2.56 bits per heavy atom. The molecule has 9 heteroatoms. The van der Waals surface area contributed by atoms with E-state index in [1.54, 1.807) is 36.4 Å². The van der Waals surface area contributed by atoms with Crippen molar-refractivity contribution in [2.24, 2.45) is 0 Å². The number of thiophene rings is 1. The summed E-state index contributed by atoms with van der Waals surface area (Å²) in [7, 11) is 2.96. The number of nitrogens with zero attached hydrogens (tertiary/aromatic N) is 1. The number of amides is 1. The molecule has 2 heterocycles. The van der Waals surface area contributed by atoms with Crippen molar-refractivity contribution in [3.05, 3.63) is 70.4 Å². The number of nitrogens with one attached hydrogen (secondary N) is 1. The van der Waals surface area contributed by atoms with Crippen LogP contribution in [0.5, 0.6) is 11.5 Å². The molecule has 2 aromatic heterocycles. The van der Waals surface area contributed by atoms with Gasteiger partial charge >= 0.3 is 5.97 Å². The standard InChI is InChI=1S/C23H18N2O6S/c1-29-14-7-8-17(18(11-14)30-2)21(26)24-22-19(15-5-3-4-6-16(15)23(27)28)20(25-31-22)13-9-10-32-12-13/h3-12H,1-2H3,(H,24,26)(H,27,28). The lowest BCUT2D eigenvalue weighted by Gasteiger charge is -2.11. The SMILES string of the molecule is COc1ccc(C(=O)Nc2onc(-c3ccsc3)c2-c2ccccc2C(=O)O)c(OC)c1. The molecule has 0 radical (unpaired) electrons. The quantitative estimate of drug-likeness (QED) is 0.406. The minimum Gasteiger partial charge on any atom is -0.497 e. The van der Waals surface area contributed by atoms with Crippen LogP contribution in [-0.2, 0) is 0 Å². The number of hydrogen-bond acceptors (Lipinski definition) is 7. The minimum atomic E-state index is -1.10. The maximum Gasteiger partial charge on any atom is 0.336 e. The number of aromatic nitrogens is 1. The number of ether oxygens (including phenoxy) is 2. The van der Waals surface area contributed by atoms with Crippen molar-refractivity contribution in [2.45, 2.75) is 0 Å². The van der Waals surface area contributed by atoms with E-state index >= 15 is 0 Å². The van der Waals surface area contributed by atoms with Crippen LogP contribution < -0.4 is 14.8 Å². The summed E-state index contributed by atoms with van der Waals surface area (Å²) in [5.41, 5.74) is 2.24. The molecule has 1 amide bonds. The highest BCUT2D eigenvalue weighted by Gasteiger charge is 2.26. The smallest absolute Gasteiger partial charge is 0.336 e. The van der Waals surface area contributed by atoms with Crippen molar-refractivity contribution in [2.75, 3.05) is 19.5 Å². The minimum absolute atomic E-state index is 0.0303. The molecule has 4 rings (SSSR count). The van der Waals surface area contributed by atoms with Gasteiger partial charge in [-0.05, 0) is 29.6 Å². The second-order valence-electron chi connectivity index (χ2n) is 6.62. The number of carboxylic acids is 1. The van der Waals surface area contributed by atoms with Gasteiger partial charge in [0.15, 0.2) is 0 Å². The van der Waals surface area contributed by atoms with Gasteiger partial charge in [0, 0.05) is 22.6 Å². The van der Waals surface area contributed by atoms with E-state index in [1.165, 1.54) is 31.6 Å². The van der Waals surface area contributed by atoms with E-state index in [1.807, 2.05) is 16.8 Å². The molecule has 0 atom stereocenters. The summed E-state index contributed by atoms with van der Waals surface area (Å²) in [4.78, 5) is 24.9. The fourth-order valence-corrected chi connectivity index (χ4v) is 3.91. The Morgan fingerprint density at radius 1 is 1.06 bits per heavy atom. The predicted molar refractivity (Wildman–Crippen MR) is 120 cm³/mol. The van der Waals surface area contributed by atoms with Crippen LogP contribution in [0.2, 0.25) is 0 Å². The van der Waals surface area contributed by atoms with Gasteiger partial charge in [0.1, 0.15) is 17.2 Å². The summed E-state index contributed by atoms with van der Waals surface area (Å²) < 4.78 is 16.0. The molecule has 8 nitrogen and oxygen atoms in total. The molecule has 32 heavy (non-hydrogen) atoms. The van der Waals surface area contributed by atoms with Crippen LogP contribution in [0.1, 0.15) is 20.7 Å². The molecule has 0 saturated carbocycles. The number of rotatable bonds is 7. The zero-order chi connectivity index (χ0) is 22.7. The topological polar surface area (TPSA) is 111 Å². The average molecular weight is 450 g/mol. The summed E-state index contributed by atoms with van der Waals surface area (Å²) in [5, 5.41) is 20.3. The van der Waals surface area contributed by atoms with Gasteiger partial charge in [-0.15, -0.1) is 0 Å². The van der Waals surface area contributed by atoms with Gasteiger partial charge in [-0.2, -0.15) is 11.3 Å². The van der Waals surface area contributed by atoms with Crippen LogP contribution >= 0.6 is 11.3 Å². The number of methoxy groups -OCH3 is 2. The number of carboxylic acid groups (broad SMARTS) is 1. The zero-order valence-electron chi connectivity index (χ0n) is 17.1. The van der Waals surface area contributed by atoms with Crippen LogP contribution in [0.4, 0.5) is 5.88 Å². The second kappa shape index (κ2) is 8.94. The first-order valence-electron chi connectivity index (χ1n) is 9.41. The highest BCUT2D eigenvalue weighted by molar-refractivity contribution is 7.08. The van der Waals surface area contributed by atoms with Gasteiger partial charge in [-0.3, -0.25) is 10.1 Å². The molecule has 2 N–H and O–H groups in total. The Labute approximate surface area is 187 Å². The molecule has 0 aliphatic carbocycles. The van der Waals surface area contributed by atoms with Crippen molar-refractivity contribution < 1.29 is 28.7 Å². The lowest BCUT2D eigenvalue weighted by Crippen LogP contribution is -2.13. The third-order valence-electron chi connectivity index (χ3n) is 4.79. The van der Waals surface area contributed by atoms with Gasteiger partial charge in [0.05, 0.1) is 30.9 Å². The number of aromatic carboxylic acids is 1. The third kappa shape index (κ3) is 3.93. The Hall–Kier alpha value is -4.11. The van der Waals surface area contributed by atoms with Crippen molar-refractivity contribution in [1.82, 2.24) is 5.16 Å². The second-order valence-corrected chi connectivity index (χ2v) is 7.40. The molecule has 0 saturated heterocycles. The first-order valence-corrected chi connectivity index (χ1v) is 10.4. The van der Waals surface area contributed by atoms with E-state index in [-0.39, 0.29) is 17.0 Å². The number of hydrogen-bond donors (Lipinski definition) is 2. The Balaban J connectivity index is 1.81. The average Bonchev–Trinajstić information content (AvgIpc) is 3.48. The number of carbonyl (C=O) groups excluding carboxylic acids is 1. The van der Waals surface area contributed by atoms with Crippen molar-refractivity contribution in [1.29, 1.82) is 0 Å². The zero-order valence-corrected chi connectivity index (χ0v) is 17.9. The fraction of sp³-hybridized carbons (Fsp3) is 0.0870. The molecule has 0 spiro atoms. The van der Waals surface area contributed by atoms with Crippen LogP contribution in [0, 0.1) is 0 Å². The molecule has 0 bridgehead atoms. The molecule has 2 aromatic carbocycles. The molecule has 162 valence electrons. The number of benzene rings is 2. The molecule has 4 aromatic rings. The van der Waals surface area contributed by atoms with Gasteiger partial charge in [-0.25, -0.2) is 4.79 Å². The van der Waals surface area contributed by atoms with Gasteiger partial charge in [-0.1, -0.05) is 23.4 Å². The Morgan fingerprint density at radius 2 is 1.88 bits per heavy atom. The normalized spacial score (nSPS) is 10.6. The Kier molecular flexibility index (Phi) is 5.91. The number of carbonyl (C=O) groups is 2. The van der Waals surface area contributed by atoms with Crippen LogP contribution in [0.15, 0.2) is 63.8 Å². The van der Waals surface area contributed by atoms with Crippen LogP contribution in [0.3, 0.4) is 0 Å². The lowest BCUT2D eigenvalue weighted by atomic mass is 9.97. The largest absolute Gasteiger partial charge is 0.497 e. The predicted octanol–water partition coefficient (Wildman–Crippen LogP) is 5.04. The molecule has 0 aliphatic heterocycles. The van der Waals surface area contributed by atoms with E-state index in [0.29, 0.717) is 28.3 Å². The molecular formula is C23H18N2O6S.